The summed E-state index contributed by atoms with van der Waals surface area (Å²) in [5.74, 6) is 0.0917. The summed E-state index contributed by atoms with van der Waals surface area (Å²) in [4.78, 5) is 0. The number of hydrogen-bond donors (Lipinski definition) is 3. The molecule has 1 rings (SSSR count). The fraction of sp³-hybridized carbons (Fsp3) is 0.333. The number of aliphatic hydroxyl groups is 2. The summed E-state index contributed by atoms with van der Waals surface area (Å²) < 4.78 is 0. The van der Waals surface area contributed by atoms with E-state index in [0.29, 0.717) is 17.5 Å². The van der Waals surface area contributed by atoms with E-state index < -0.39 is 0 Å². The Labute approximate surface area is 70.9 Å². The van der Waals surface area contributed by atoms with Gasteiger partial charge in [0.1, 0.15) is 5.75 Å². The summed E-state index contributed by atoms with van der Waals surface area (Å²) in [6, 6.07) is 5.12. The summed E-state index contributed by atoms with van der Waals surface area (Å²) in [5, 5.41) is 26.9. The standard InChI is InChI=1S/C9H12O3/c10-5-4-7-2-1-3-8(6-11)9(7)12/h1-3,10-12H,4-6H2. The lowest BCUT2D eigenvalue weighted by Crippen LogP contribution is -1.94. The Bertz CT molecular complexity index is 258. The Hall–Kier alpha value is -1.06. The molecule has 0 saturated carbocycles. The highest BCUT2D eigenvalue weighted by Crippen LogP contribution is 2.22. The average Bonchev–Trinajstić information content (AvgIpc) is 2.09. The number of hydrogen-bond acceptors (Lipinski definition) is 3. The minimum Gasteiger partial charge on any atom is -0.507 e. The van der Waals surface area contributed by atoms with Crippen molar-refractivity contribution in [3.05, 3.63) is 29.3 Å². The molecule has 1 aromatic carbocycles. The van der Waals surface area contributed by atoms with E-state index in [0.717, 1.165) is 0 Å². The molecule has 0 aliphatic carbocycles. The van der Waals surface area contributed by atoms with E-state index in [1.807, 2.05) is 0 Å². The third-order valence-electron chi connectivity index (χ3n) is 1.75. The molecular formula is C9H12O3. The first-order chi connectivity index (χ1) is 5.79. The lowest BCUT2D eigenvalue weighted by molar-refractivity contribution is 0.273. The van der Waals surface area contributed by atoms with Crippen LogP contribution in [0.5, 0.6) is 5.75 Å². The lowest BCUT2D eigenvalue weighted by Gasteiger charge is -2.05. The van der Waals surface area contributed by atoms with E-state index in [-0.39, 0.29) is 19.0 Å². The molecule has 0 radical (unpaired) electrons. The first-order valence-corrected chi connectivity index (χ1v) is 3.81. The maximum absolute atomic E-state index is 9.45. The van der Waals surface area contributed by atoms with E-state index in [2.05, 4.69) is 0 Å². The zero-order valence-corrected chi connectivity index (χ0v) is 6.70. The van der Waals surface area contributed by atoms with Gasteiger partial charge in [-0.2, -0.15) is 0 Å². The Balaban J connectivity index is 2.97. The molecule has 1 aromatic rings. The normalized spacial score (nSPS) is 10.2. The number of para-hydroxylation sites is 1. The quantitative estimate of drug-likeness (QED) is 0.613. The molecule has 0 unspecified atom stereocenters. The van der Waals surface area contributed by atoms with E-state index in [1.165, 1.54) is 0 Å². The van der Waals surface area contributed by atoms with Gasteiger partial charge in [0.2, 0.25) is 0 Å². The van der Waals surface area contributed by atoms with Gasteiger partial charge < -0.3 is 15.3 Å². The van der Waals surface area contributed by atoms with Crippen molar-refractivity contribution < 1.29 is 15.3 Å². The van der Waals surface area contributed by atoms with Crippen LogP contribution in [-0.4, -0.2) is 21.9 Å². The van der Waals surface area contributed by atoms with Crippen LogP contribution in [0.4, 0.5) is 0 Å². The van der Waals surface area contributed by atoms with E-state index in [4.69, 9.17) is 10.2 Å². The third-order valence-corrected chi connectivity index (χ3v) is 1.75. The highest BCUT2D eigenvalue weighted by molar-refractivity contribution is 5.39. The van der Waals surface area contributed by atoms with Gasteiger partial charge >= 0.3 is 0 Å². The summed E-state index contributed by atoms with van der Waals surface area (Å²) >= 11 is 0. The van der Waals surface area contributed by atoms with Crippen LogP contribution in [0.3, 0.4) is 0 Å². The van der Waals surface area contributed by atoms with Gasteiger partial charge in [0.25, 0.3) is 0 Å². The van der Waals surface area contributed by atoms with Crippen molar-refractivity contribution >= 4 is 0 Å². The molecule has 0 saturated heterocycles. The molecule has 3 heteroatoms. The van der Waals surface area contributed by atoms with Gasteiger partial charge in [-0.05, 0) is 12.0 Å². The maximum atomic E-state index is 9.45. The molecule has 0 amide bonds. The Kier molecular flexibility index (Phi) is 3.08. The molecule has 12 heavy (non-hydrogen) atoms. The second kappa shape index (κ2) is 4.09. The summed E-state index contributed by atoms with van der Waals surface area (Å²) in [6.07, 6.45) is 0.416. The number of aromatic hydroxyl groups is 1. The van der Waals surface area contributed by atoms with Crippen LogP contribution < -0.4 is 0 Å². The number of aliphatic hydroxyl groups excluding tert-OH is 2. The van der Waals surface area contributed by atoms with Crippen molar-refractivity contribution in [1.29, 1.82) is 0 Å². The van der Waals surface area contributed by atoms with Crippen LogP contribution in [0.2, 0.25) is 0 Å². The Morgan fingerprint density at radius 1 is 1.08 bits per heavy atom. The van der Waals surface area contributed by atoms with E-state index in [9.17, 15) is 5.11 Å². The Morgan fingerprint density at radius 3 is 2.33 bits per heavy atom. The molecule has 0 aromatic heterocycles. The van der Waals surface area contributed by atoms with Crippen molar-refractivity contribution in [3.8, 4) is 5.75 Å². The molecule has 0 aliphatic rings. The predicted octanol–water partition coefficient (Wildman–Crippen LogP) is 0.419. The summed E-state index contributed by atoms with van der Waals surface area (Å²) in [6.45, 7) is -0.173. The van der Waals surface area contributed by atoms with Crippen molar-refractivity contribution in [1.82, 2.24) is 0 Å². The minimum atomic E-state index is -0.175. The smallest absolute Gasteiger partial charge is 0.124 e. The molecule has 0 spiro atoms. The van der Waals surface area contributed by atoms with Gasteiger partial charge in [-0.25, -0.2) is 0 Å². The second-order valence-corrected chi connectivity index (χ2v) is 2.56. The second-order valence-electron chi connectivity index (χ2n) is 2.56. The van der Waals surface area contributed by atoms with Gasteiger partial charge in [-0.15, -0.1) is 0 Å². The van der Waals surface area contributed by atoms with Crippen LogP contribution >= 0.6 is 0 Å². The van der Waals surface area contributed by atoms with Crippen LogP contribution in [0.1, 0.15) is 11.1 Å². The molecule has 3 N–H and O–H groups in total. The molecule has 0 heterocycles. The summed E-state index contributed by atoms with van der Waals surface area (Å²) in [7, 11) is 0. The van der Waals surface area contributed by atoms with Crippen LogP contribution in [0.15, 0.2) is 18.2 Å². The SMILES string of the molecule is OCCc1cccc(CO)c1O. The molecule has 66 valence electrons. The van der Waals surface area contributed by atoms with Crippen molar-refractivity contribution in [2.45, 2.75) is 13.0 Å². The van der Waals surface area contributed by atoms with Crippen molar-refractivity contribution in [3.63, 3.8) is 0 Å². The molecule has 0 atom stereocenters. The number of benzene rings is 1. The van der Waals surface area contributed by atoms with Gasteiger partial charge in [0.05, 0.1) is 6.61 Å². The van der Waals surface area contributed by atoms with Crippen LogP contribution in [0, 0.1) is 0 Å². The zero-order chi connectivity index (χ0) is 8.97. The highest BCUT2D eigenvalue weighted by Gasteiger charge is 2.04. The molecule has 3 nitrogen and oxygen atoms in total. The highest BCUT2D eigenvalue weighted by atomic mass is 16.3. The first kappa shape index (κ1) is 9.03. The molecule has 0 bridgehead atoms. The van der Waals surface area contributed by atoms with Crippen molar-refractivity contribution in [2.75, 3.05) is 6.61 Å². The van der Waals surface area contributed by atoms with E-state index >= 15 is 0 Å². The largest absolute Gasteiger partial charge is 0.507 e. The fourth-order valence-corrected chi connectivity index (χ4v) is 1.09. The molecular weight excluding hydrogens is 156 g/mol. The predicted molar refractivity (Wildman–Crippen MR) is 44.8 cm³/mol. The monoisotopic (exact) mass is 168 g/mol. The average molecular weight is 168 g/mol. The minimum absolute atomic E-state index is 0.00242. The van der Waals surface area contributed by atoms with Gasteiger partial charge in [0, 0.05) is 12.2 Å². The first-order valence-electron chi connectivity index (χ1n) is 3.81. The third kappa shape index (κ3) is 1.75. The Morgan fingerprint density at radius 2 is 1.75 bits per heavy atom. The molecule has 0 aliphatic heterocycles. The molecule has 0 fully saturated rings. The van der Waals surface area contributed by atoms with Crippen molar-refractivity contribution in [2.24, 2.45) is 0 Å². The number of phenols is 1. The van der Waals surface area contributed by atoms with Gasteiger partial charge in [-0.3, -0.25) is 0 Å². The zero-order valence-electron chi connectivity index (χ0n) is 6.70. The van der Waals surface area contributed by atoms with E-state index in [1.54, 1.807) is 18.2 Å². The number of rotatable bonds is 3. The van der Waals surface area contributed by atoms with Gasteiger partial charge in [0.15, 0.2) is 0 Å². The van der Waals surface area contributed by atoms with Crippen LogP contribution in [0.25, 0.3) is 0 Å². The topological polar surface area (TPSA) is 60.7 Å². The maximum Gasteiger partial charge on any atom is 0.124 e. The van der Waals surface area contributed by atoms with Gasteiger partial charge in [-0.1, -0.05) is 18.2 Å². The summed E-state index contributed by atoms with van der Waals surface area (Å²) in [5.41, 5.74) is 1.17. The fourth-order valence-electron chi connectivity index (χ4n) is 1.09. The van der Waals surface area contributed by atoms with Crippen LogP contribution in [-0.2, 0) is 13.0 Å². The lowest BCUT2D eigenvalue weighted by atomic mass is 10.1.